The van der Waals surface area contributed by atoms with Gasteiger partial charge < -0.3 is 5.32 Å². The van der Waals surface area contributed by atoms with Crippen LogP contribution in [0.25, 0.3) is 0 Å². The Morgan fingerprint density at radius 2 is 2.00 bits per heavy atom. The Kier molecular flexibility index (Phi) is 3.23. The highest BCUT2D eigenvalue weighted by Crippen LogP contribution is 2.21. The minimum Gasteiger partial charge on any atom is -0.312 e. The molecule has 2 heteroatoms. The third-order valence-corrected chi connectivity index (χ3v) is 3.61. The van der Waals surface area contributed by atoms with Gasteiger partial charge in [0.25, 0.3) is 0 Å². The molecule has 2 saturated heterocycles. The van der Waals surface area contributed by atoms with E-state index in [-0.39, 0.29) is 0 Å². The zero-order valence-corrected chi connectivity index (χ0v) is 8.76. The summed E-state index contributed by atoms with van der Waals surface area (Å²) in [5.41, 5.74) is 0. The molecular formula is C11H22N2. The van der Waals surface area contributed by atoms with Crippen LogP contribution < -0.4 is 5.32 Å². The molecule has 0 unspecified atom stereocenters. The van der Waals surface area contributed by atoms with Crippen molar-refractivity contribution in [2.45, 2.75) is 51.1 Å². The SMILES string of the molecule is CC[C@@H]1NCC[C@H]1N1CCCCC1. The predicted molar refractivity (Wildman–Crippen MR) is 55.9 cm³/mol. The lowest BCUT2D eigenvalue weighted by molar-refractivity contribution is 0.149. The minimum absolute atomic E-state index is 0.776. The summed E-state index contributed by atoms with van der Waals surface area (Å²) in [6.07, 6.45) is 6.97. The van der Waals surface area contributed by atoms with Gasteiger partial charge in [0.1, 0.15) is 0 Å². The molecule has 2 atom stereocenters. The molecule has 0 bridgehead atoms. The first-order valence-corrected chi connectivity index (χ1v) is 5.89. The molecule has 2 nitrogen and oxygen atoms in total. The Morgan fingerprint density at radius 3 is 2.69 bits per heavy atom. The van der Waals surface area contributed by atoms with Gasteiger partial charge in [0.15, 0.2) is 0 Å². The number of nitrogens with one attached hydrogen (secondary N) is 1. The lowest BCUT2D eigenvalue weighted by Gasteiger charge is -2.35. The molecule has 0 aromatic carbocycles. The second kappa shape index (κ2) is 4.43. The molecule has 2 aliphatic rings. The normalized spacial score (nSPS) is 36.7. The lowest BCUT2D eigenvalue weighted by Crippen LogP contribution is -2.45. The summed E-state index contributed by atoms with van der Waals surface area (Å²) in [7, 11) is 0. The Labute approximate surface area is 81.7 Å². The standard InChI is InChI=1S/C11H22N2/c1-2-10-11(6-7-12-10)13-8-4-3-5-9-13/h10-12H,2-9H2,1H3/t10-,11+/m0/s1. The summed E-state index contributed by atoms with van der Waals surface area (Å²) >= 11 is 0. The van der Waals surface area contributed by atoms with Crippen molar-refractivity contribution < 1.29 is 0 Å². The summed E-state index contributed by atoms with van der Waals surface area (Å²) in [6.45, 7) is 6.24. The molecule has 0 saturated carbocycles. The third kappa shape index (κ3) is 2.05. The second-order valence-corrected chi connectivity index (χ2v) is 4.42. The van der Waals surface area contributed by atoms with Crippen LogP contribution in [-0.2, 0) is 0 Å². The number of hydrogen-bond donors (Lipinski definition) is 1. The average molecular weight is 182 g/mol. The van der Waals surface area contributed by atoms with Crippen molar-refractivity contribution >= 4 is 0 Å². The van der Waals surface area contributed by atoms with E-state index in [1.54, 1.807) is 0 Å². The summed E-state index contributed by atoms with van der Waals surface area (Å²) in [5, 5.41) is 3.61. The van der Waals surface area contributed by atoms with E-state index < -0.39 is 0 Å². The molecule has 13 heavy (non-hydrogen) atoms. The number of piperidine rings is 1. The van der Waals surface area contributed by atoms with E-state index in [2.05, 4.69) is 17.1 Å². The summed E-state index contributed by atoms with van der Waals surface area (Å²) < 4.78 is 0. The fourth-order valence-electron chi connectivity index (χ4n) is 2.86. The molecule has 2 heterocycles. The quantitative estimate of drug-likeness (QED) is 0.698. The average Bonchev–Trinajstić information content (AvgIpc) is 2.67. The van der Waals surface area contributed by atoms with Gasteiger partial charge in [-0.25, -0.2) is 0 Å². The third-order valence-electron chi connectivity index (χ3n) is 3.61. The van der Waals surface area contributed by atoms with Gasteiger partial charge in [-0.3, -0.25) is 4.90 Å². The van der Waals surface area contributed by atoms with E-state index in [9.17, 15) is 0 Å². The van der Waals surface area contributed by atoms with Crippen LogP contribution in [0.3, 0.4) is 0 Å². The first kappa shape index (κ1) is 9.47. The highest BCUT2D eigenvalue weighted by atomic mass is 15.2. The predicted octanol–water partition coefficient (Wildman–Crippen LogP) is 1.61. The first-order valence-electron chi connectivity index (χ1n) is 5.89. The topological polar surface area (TPSA) is 15.3 Å². The van der Waals surface area contributed by atoms with Crippen molar-refractivity contribution in [3.8, 4) is 0 Å². The van der Waals surface area contributed by atoms with E-state index in [4.69, 9.17) is 0 Å². The van der Waals surface area contributed by atoms with Gasteiger partial charge in [-0.05, 0) is 45.3 Å². The van der Waals surface area contributed by atoms with Gasteiger partial charge in [-0.15, -0.1) is 0 Å². The monoisotopic (exact) mass is 182 g/mol. The van der Waals surface area contributed by atoms with Crippen molar-refractivity contribution in [2.75, 3.05) is 19.6 Å². The van der Waals surface area contributed by atoms with Crippen LogP contribution in [0.5, 0.6) is 0 Å². The maximum atomic E-state index is 3.61. The van der Waals surface area contributed by atoms with Crippen molar-refractivity contribution in [1.29, 1.82) is 0 Å². The van der Waals surface area contributed by atoms with Crippen LogP contribution in [0, 0.1) is 0 Å². The molecule has 0 aromatic rings. The Bertz CT molecular complexity index is 152. The molecule has 1 N–H and O–H groups in total. The minimum atomic E-state index is 0.776. The van der Waals surface area contributed by atoms with Crippen LogP contribution in [0.15, 0.2) is 0 Å². The van der Waals surface area contributed by atoms with E-state index >= 15 is 0 Å². The van der Waals surface area contributed by atoms with E-state index in [1.165, 1.54) is 51.7 Å². The lowest BCUT2D eigenvalue weighted by atomic mass is 10.0. The van der Waals surface area contributed by atoms with Crippen molar-refractivity contribution in [2.24, 2.45) is 0 Å². The van der Waals surface area contributed by atoms with Gasteiger partial charge in [0, 0.05) is 12.1 Å². The first-order chi connectivity index (χ1) is 6.42. The molecule has 0 aliphatic carbocycles. The van der Waals surface area contributed by atoms with Crippen LogP contribution in [0.2, 0.25) is 0 Å². The fourth-order valence-corrected chi connectivity index (χ4v) is 2.86. The van der Waals surface area contributed by atoms with Gasteiger partial charge in [-0.2, -0.15) is 0 Å². The van der Waals surface area contributed by atoms with Gasteiger partial charge in [0.05, 0.1) is 0 Å². The van der Waals surface area contributed by atoms with Crippen molar-refractivity contribution in [1.82, 2.24) is 10.2 Å². The summed E-state index contributed by atoms with van der Waals surface area (Å²) in [6, 6.07) is 1.63. The molecule has 2 rings (SSSR count). The molecule has 0 spiro atoms. The van der Waals surface area contributed by atoms with Crippen molar-refractivity contribution in [3.05, 3.63) is 0 Å². The van der Waals surface area contributed by atoms with Gasteiger partial charge >= 0.3 is 0 Å². The summed E-state index contributed by atoms with van der Waals surface area (Å²) in [4.78, 5) is 2.72. The van der Waals surface area contributed by atoms with Crippen LogP contribution in [0.4, 0.5) is 0 Å². The Balaban J connectivity index is 1.90. The Hall–Kier alpha value is -0.0800. The number of nitrogens with zero attached hydrogens (tertiary/aromatic N) is 1. The largest absolute Gasteiger partial charge is 0.312 e. The molecule has 0 radical (unpaired) electrons. The maximum Gasteiger partial charge on any atom is 0.0261 e. The highest BCUT2D eigenvalue weighted by molar-refractivity contribution is 4.90. The fraction of sp³-hybridized carbons (Fsp3) is 1.00. The molecule has 76 valence electrons. The number of likely N-dealkylation sites (tertiary alicyclic amines) is 1. The van der Waals surface area contributed by atoms with E-state index in [1.807, 2.05) is 0 Å². The zero-order chi connectivity index (χ0) is 9.10. The van der Waals surface area contributed by atoms with E-state index in [0.717, 1.165) is 12.1 Å². The summed E-state index contributed by atoms with van der Waals surface area (Å²) in [5.74, 6) is 0. The smallest absolute Gasteiger partial charge is 0.0261 e. The molecule has 0 aromatic heterocycles. The molecule has 2 aliphatic heterocycles. The number of hydrogen-bond acceptors (Lipinski definition) is 2. The van der Waals surface area contributed by atoms with Gasteiger partial charge in [0.2, 0.25) is 0 Å². The highest BCUT2D eigenvalue weighted by Gasteiger charge is 2.30. The van der Waals surface area contributed by atoms with Crippen LogP contribution in [-0.4, -0.2) is 36.6 Å². The second-order valence-electron chi connectivity index (χ2n) is 4.42. The van der Waals surface area contributed by atoms with Gasteiger partial charge in [-0.1, -0.05) is 13.3 Å². The van der Waals surface area contributed by atoms with Crippen LogP contribution in [0.1, 0.15) is 39.0 Å². The molecule has 2 fully saturated rings. The van der Waals surface area contributed by atoms with E-state index in [0.29, 0.717) is 0 Å². The zero-order valence-electron chi connectivity index (χ0n) is 8.76. The molecule has 0 amide bonds. The molecular weight excluding hydrogens is 160 g/mol. The van der Waals surface area contributed by atoms with Crippen LogP contribution >= 0.6 is 0 Å². The maximum absolute atomic E-state index is 3.61. The number of rotatable bonds is 2. The van der Waals surface area contributed by atoms with Crippen molar-refractivity contribution in [3.63, 3.8) is 0 Å². The Morgan fingerprint density at radius 1 is 1.23 bits per heavy atom.